The number of hydrogen-bond donors (Lipinski definition) is 0. The van der Waals surface area contributed by atoms with Gasteiger partial charge in [0.05, 0.1) is 0 Å². The Morgan fingerprint density at radius 1 is 1.09 bits per heavy atom. The zero-order valence-electron chi connectivity index (χ0n) is 12.5. The summed E-state index contributed by atoms with van der Waals surface area (Å²) >= 11 is 3.36. The number of piperazine rings is 1. The van der Waals surface area contributed by atoms with E-state index < -0.39 is 0 Å². The summed E-state index contributed by atoms with van der Waals surface area (Å²) in [5, 5.41) is 7.40. The van der Waals surface area contributed by atoms with Crippen LogP contribution in [0.5, 0.6) is 0 Å². The summed E-state index contributed by atoms with van der Waals surface area (Å²) in [5.74, 6) is 0.0262. The van der Waals surface area contributed by atoms with Crippen molar-refractivity contribution in [1.82, 2.24) is 20.0 Å². The molecule has 1 fully saturated rings. The number of rotatable bonds is 2. The fraction of sp³-hybridized carbons (Fsp3) is 0.333. The van der Waals surface area contributed by atoms with Crippen LogP contribution in [0, 0.1) is 6.92 Å². The molecule has 23 heavy (non-hydrogen) atoms. The van der Waals surface area contributed by atoms with Gasteiger partial charge in [0.15, 0.2) is 0 Å². The summed E-state index contributed by atoms with van der Waals surface area (Å²) in [4.78, 5) is 28.1. The van der Waals surface area contributed by atoms with Crippen molar-refractivity contribution in [3.05, 3.63) is 46.1 Å². The molecule has 1 saturated heterocycles. The van der Waals surface area contributed by atoms with E-state index in [1.807, 2.05) is 12.1 Å². The Hall–Kier alpha value is -2.22. The zero-order chi connectivity index (χ0) is 16.4. The average molecular weight is 379 g/mol. The maximum absolute atomic E-state index is 12.5. The minimum Gasteiger partial charge on any atom is -0.417 e. The normalized spacial score (nSPS) is 14.9. The highest BCUT2D eigenvalue weighted by Gasteiger charge is 2.28. The van der Waals surface area contributed by atoms with Crippen LogP contribution in [0.25, 0.3) is 0 Å². The predicted molar refractivity (Wildman–Crippen MR) is 85.0 cm³/mol. The van der Waals surface area contributed by atoms with Crippen molar-refractivity contribution < 1.29 is 14.0 Å². The monoisotopic (exact) mass is 378 g/mol. The number of aryl methyl sites for hydroxylation is 1. The maximum atomic E-state index is 12.5. The molecular weight excluding hydrogens is 364 g/mol. The largest absolute Gasteiger partial charge is 0.417 e. The second-order valence-corrected chi connectivity index (χ2v) is 6.14. The fourth-order valence-corrected chi connectivity index (χ4v) is 2.83. The summed E-state index contributed by atoms with van der Waals surface area (Å²) in [6, 6.07) is 7.28. The fourth-order valence-electron chi connectivity index (χ4n) is 2.43. The van der Waals surface area contributed by atoms with Gasteiger partial charge in [0.1, 0.15) is 0 Å². The molecule has 120 valence electrons. The second-order valence-electron chi connectivity index (χ2n) is 5.22. The first kappa shape index (κ1) is 15.7. The van der Waals surface area contributed by atoms with Crippen LogP contribution in [0.2, 0.25) is 0 Å². The molecule has 8 heteroatoms. The summed E-state index contributed by atoms with van der Waals surface area (Å²) < 4.78 is 6.02. The first-order chi connectivity index (χ1) is 11.0. The van der Waals surface area contributed by atoms with E-state index in [1.54, 1.807) is 28.9 Å². The van der Waals surface area contributed by atoms with E-state index in [9.17, 15) is 9.59 Å². The first-order valence-electron chi connectivity index (χ1n) is 7.19. The Bertz CT molecular complexity index is 738. The number of carbonyl (C=O) groups is 2. The lowest BCUT2D eigenvalue weighted by atomic mass is 10.2. The van der Waals surface area contributed by atoms with Gasteiger partial charge in [-0.25, -0.2) is 0 Å². The van der Waals surface area contributed by atoms with E-state index in [1.165, 1.54) is 0 Å². The molecule has 3 rings (SSSR count). The standard InChI is InChI=1S/C15H15BrN4O3/c1-10-17-18-13(23-10)15(22)20-7-5-19(6-8-20)14(21)11-3-2-4-12(16)9-11/h2-4,9H,5-8H2,1H3. The third-order valence-electron chi connectivity index (χ3n) is 3.63. The van der Waals surface area contributed by atoms with E-state index in [2.05, 4.69) is 26.1 Å². The van der Waals surface area contributed by atoms with Crippen LogP contribution in [0.1, 0.15) is 26.9 Å². The molecule has 0 spiro atoms. The molecule has 0 atom stereocenters. The summed E-state index contributed by atoms with van der Waals surface area (Å²) in [6.07, 6.45) is 0. The van der Waals surface area contributed by atoms with Gasteiger partial charge >= 0.3 is 11.8 Å². The van der Waals surface area contributed by atoms with Crippen LogP contribution in [0.3, 0.4) is 0 Å². The molecule has 0 unspecified atom stereocenters. The molecule has 0 radical (unpaired) electrons. The first-order valence-corrected chi connectivity index (χ1v) is 7.98. The quantitative estimate of drug-likeness (QED) is 0.794. The van der Waals surface area contributed by atoms with Crippen LogP contribution < -0.4 is 0 Å². The van der Waals surface area contributed by atoms with Crippen molar-refractivity contribution >= 4 is 27.7 Å². The number of aromatic nitrogens is 2. The molecule has 1 aromatic carbocycles. The van der Waals surface area contributed by atoms with Gasteiger partial charge in [0.25, 0.3) is 5.91 Å². The molecule has 1 aliphatic rings. The van der Waals surface area contributed by atoms with Crippen molar-refractivity contribution in [3.63, 3.8) is 0 Å². The van der Waals surface area contributed by atoms with Crippen LogP contribution in [0.4, 0.5) is 0 Å². The SMILES string of the molecule is Cc1nnc(C(=O)N2CCN(C(=O)c3cccc(Br)c3)CC2)o1. The molecule has 1 aromatic heterocycles. The van der Waals surface area contributed by atoms with Gasteiger partial charge in [-0.15, -0.1) is 10.2 Å². The van der Waals surface area contributed by atoms with E-state index in [0.29, 0.717) is 37.6 Å². The molecule has 0 aliphatic carbocycles. The van der Waals surface area contributed by atoms with Crippen LogP contribution in [-0.4, -0.2) is 58.0 Å². The van der Waals surface area contributed by atoms with Crippen molar-refractivity contribution in [2.45, 2.75) is 6.92 Å². The number of amides is 2. The average Bonchev–Trinajstić information content (AvgIpc) is 3.00. The van der Waals surface area contributed by atoms with Gasteiger partial charge in [-0.3, -0.25) is 9.59 Å². The lowest BCUT2D eigenvalue weighted by Crippen LogP contribution is -2.50. The molecule has 1 aliphatic heterocycles. The summed E-state index contributed by atoms with van der Waals surface area (Å²) in [7, 11) is 0. The highest BCUT2D eigenvalue weighted by atomic mass is 79.9. The smallest absolute Gasteiger partial charge is 0.311 e. The molecule has 2 amide bonds. The minimum atomic E-state index is -0.292. The molecule has 0 bridgehead atoms. The number of benzene rings is 1. The lowest BCUT2D eigenvalue weighted by Gasteiger charge is -2.34. The van der Waals surface area contributed by atoms with Gasteiger partial charge in [-0.2, -0.15) is 0 Å². The number of nitrogens with zero attached hydrogens (tertiary/aromatic N) is 4. The molecule has 2 aromatic rings. The number of halogens is 1. The highest BCUT2D eigenvalue weighted by Crippen LogP contribution is 2.15. The van der Waals surface area contributed by atoms with Crippen LogP contribution in [-0.2, 0) is 0 Å². The van der Waals surface area contributed by atoms with E-state index in [0.717, 1.165) is 4.47 Å². The molecule has 0 saturated carbocycles. The van der Waals surface area contributed by atoms with Crippen molar-refractivity contribution in [3.8, 4) is 0 Å². The lowest BCUT2D eigenvalue weighted by molar-refractivity contribution is 0.0512. The molecule has 2 heterocycles. The minimum absolute atomic E-state index is 0.00531. The molecule has 0 N–H and O–H groups in total. The van der Waals surface area contributed by atoms with Gasteiger partial charge in [-0.1, -0.05) is 22.0 Å². The number of carbonyl (C=O) groups excluding carboxylic acids is 2. The summed E-state index contributed by atoms with van der Waals surface area (Å²) in [5.41, 5.74) is 0.631. The van der Waals surface area contributed by atoms with Crippen LogP contribution >= 0.6 is 15.9 Å². The van der Waals surface area contributed by atoms with E-state index >= 15 is 0 Å². The molecule has 7 nitrogen and oxygen atoms in total. The van der Waals surface area contributed by atoms with Crippen molar-refractivity contribution in [1.29, 1.82) is 0 Å². The zero-order valence-corrected chi connectivity index (χ0v) is 14.1. The van der Waals surface area contributed by atoms with Gasteiger partial charge in [0, 0.05) is 43.1 Å². The van der Waals surface area contributed by atoms with Gasteiger partial charge in [-0.05, 0) is 18.2 Å². The topological polar surface area (TPSA) is 79.5 Å². The Balaban J connectivity index is 1.62. The Kier molecular flexibility index (Phi) is 4.42. The summed E-state index contributed by atoms with van der Waals surface area (Å²) in [6.45, 7) is 3.48. The maximum Gasteiger partial charge on any atom is 0.311 e. The Morgan fingerprint density at radius 2 is 1.74 bits per heavy atom. The van der Waals surface area contributed by atoms with Crippen molar-refractivity contribution in [2.75, 3.05) is 26.2 Å². The van der Waals surface area contributed by atoms with Gasteiger partial charge in [0.2, 0.25) is 5.89 Å². The highest BCUT2D eigenvalue weighted by molar-refractivity contribution is 9.10. The van der Waals surface area contributed by atoms with E-state index in [4.69, 9.17) is 4.42 Å². The predicted octanol–water partition coefficient (Wildman–Crippen LogP) is 1.74. The Labute approximate surface area is 141 Å². The van der Waals surface area contributed by atoms with Crippen molar-refractivity contribution in [2.24, 2.45) is 0 Å². The third kappa shape index (κ3) is 3.42. The van der Waals surface area contributed by atoms with E-state index in [-0.39, 0.29) is 17.7 Å². The molecular formula is C15H15BrN4O3. The Morgan fingerprint density at radius 3 is 2.30 bits per heavy atom. The van der Waals surface area contributed by atoms with Crippen LogP contribution in [0.15, 0.2) is 33.2 Å². The second kappa shape index (κ2) is 6.49. The van der Waals surface area contributed by atoms with Gasteiger partial charge < -0.3 is 14.2 Å². The third-order valence-corrected chi connectivity index (χ3v) is 4.13. The number of hydrogen-bond acceptors (Lipinski definition) is 5.